The number of hydrogen-bond donors (Lipinski definition) is 0. The molecule has 0 saturated heterocycles. The van der Waals surface area contributed by atoms with E-state index in [2.05, 4.69) is 17.9 Å². The SMILES string of the molecule is C=COC(=O)CCCCCOc1ccc(C(=O)Oc2ccc(OCCOC(=O)C(=C)C)cc2)cc1. The maximum absolute atomic E-state index is 12.4. The van der Waals surface area contributed by atoms with Gasteiger partial charge in [0.25, 0.3) is 0 Å². The van der Waals surface area contributed by atoms with E-state index in [9.17, 15) is 14.4 Å². The minimum absolute atomic E-state index is 0.106. The van der Waals surface area contributed by atoms with Gasteiger partial charge in [-0.15, -0.1) is 0 Å². The molecule has 8 nitrogen and oxygen atoms in total. The summed E-state index contributed by atoms with van der Waals surface area (Å²) < 4.78 is 26.1. The molecule has 8 heteroatoms. The Kier molecular flexibility index (Phi) is 11.6. The Morgan fingerprint density at radius 2 is 1.40 bits per heavy atom. The number of hydrogen-bond acceptors (Lipinski definition) is 8. The number of benzene rings is 2. The second-order valence-electron chi connectivity index (χ2n) is 7.47. The van der Waals surface area contributed by atoms with Crippen LogP contribution < -0.4 is 14.2 Å². The minimum atomic E-state index is -0.497. The Morgan fingerprint density at radius 1 is 0.800 bits per heavy atom. The van der Waals surface area contributed by atoms with Crippen LogP contribution in [0.25, 0.3) is 0 Å². The summed E-state index contributed by atoms with van der Waals surface area (Å²) in [6.45, 7) is 9.22. The molecule has 0 unspecified atom stereocenters. The van der Waals surface area contributed by atoms with Crippen LogP contribution in [0.1, 0.15) is 43.0 Å². The van der Waals surface area contributed by atoms with Crippen LogP contribution in [0.3, 0.4) is 0 Å². The van der Waals surface area contributed by atoms with Crippen LogP contribution in [0.15, 0.2) is 73.5 Å². The van der Waals surface area contributed by atoms with Gasteiger partial charge in [-0.25, -0.2) is 9.59 Å². The molecular weight excluding hydrogens is 452 g/mol. The summed E-state index contributed by atoms with van der Waals surface area (Å²) in [6, 6.07) is 13.2. The van der Waals surface area contributed by atoms with Crippen molar-refractivity contribution in [2.75, 3.05) is 19.8 Å². The first-order chi connectivity index (χ1) is 16.9. The molecular formula is C27H30O8. The first-order valence-corrected chi connectivity index (χ1v) is 11.2. The highest BCUT2D eigenvalue weighted by atomic mass is 16.6. The average molecular weight is 483 g/mol. The molecule has 35 heavy (non-hydrogen) atoms. The molecule has 0 N–H and O–H groups in total. The van der Waals surface area contributed by atoms with Crippen LogP contribution in [0.5, 0.6) is 17.2 Å². The number of rotatable bonds is 15. The second kappa shape index (κ2) is 15.0. The first-order valence-electron chi connectivity index (χ1n) is 11.2. The molecule has 2 aromatic rings. The lowest BCUT2D eigenvalue weighted by molar-refractivity contribution is -0.140. The van der Waals surface area contributed by atoms with Crippen LogP contribution in [-0.2, 0) is 19.1 Å². The fraction of sp³-hybridized carbons (Fsp3) is 0.296. The summed E-state index contributed by atoms with van der Waals surface area (Å²) in [5, 5.41) is 0. The molecule has 0 aliphatic heterocycles. The standard InChI is InChI=1S/C27H30O8/c1-4-31-25(28)8-6-5-7-17-32-22-11-9-21(10-12-22)27(30)35-24-15-13-23(14-16-24)33-18-19-34-26(29)20(2)3/h4,9-16H,1-2,5-8,17-19H2,3H3. The largest absolute Gasteiger partial charge is 0.494 e. The maximum atomic E-state index is 12.4. The Labute approximate surface area is 205 Å². The van der Waals surface area contributed by atoms with Gasteiger partial charge in [0, 0.05) is 12.0 Å². The van der Waals surface area contributed by atoms with Crippen LogP contribution >= 0.6 is 0 Å². The van der Waals surface area contributed by atoms with Crippen molar-refractivity contribution in [2.45, 2.75) is 32.6 Å². The highest BCUT2D eigenvalue weighted by Gasteiger charge is 2.09. The molecule has 0 spiro atoms. The monoisotopic (exact) mass is 482 g/mol. The van der Waals surface area contributed by atoms with E-state index in [-0.39, 0.29) is 19.2 Å². The summed E-state index contributed by atoms with van der Waals surface area (Å²) in [4.78, 5) is 34.9. The minimum Gasteiger partial charge on any atom is -0.494 e. The first kappa shape index (κ1) is 27.2. The van der Waals surface area contributed by atoms with Crippen molar-refractivity contribution in [1.82, 2.24) is 0 Å². The van der Waals surface area contributed by atoms with E-state index in [1.54, 1.807) is 55.5 Å². The fourth-order valence-corrected chi connectivity index (χ4v) is 2.76. The molecule has 0 amide bonds. The van der Waals surface area contributed by atoms with Gasteiger partial charge in [-0.2, -0.15) is 0 Å². The molecule has 0 atom stereocenters. The lowest BCUT2D eigenvalue weighted by Gasteiger charge is -2.09. The normalized spacial score (nSPS) is 10.1. The van der Waals surface area contributed by atoms with E-state index in [0.717, 1.165) is 25.5 Å². The second-order valence-corrected chi connectivity index (χ2v) is 7.47. The highest BCUT2D eigenvalue weighted by Crippen LogP contribution is 2.20. The molecule has 0 fully saturated rings. The predicted octanol–water partition coefficient (Wildman–Crippen LogP) is 5.03. The Balaban J connectivity index is 1.68. The van der Waals surface area contributed by atoms with Crippen LogP contribution in [0.2, 0.25) is 0 Å². The summed E-state index contributed by atoms with van der Waals surface area (Å²) in [6.07, 6.45) is 3.84. The average Bonchev–Trinajstić information content (AvgIpc) is 2.85. The number of carbonyl (C=O) groups excluding carboxylic acids is 3. The number of unbranched alkanes of at least 4 members (excludes halogenated alkanes) is 2. The predicted molar refractivity (Wildman–Crippen MR) is 129 cm³/mol. The zero-order valence-corrected chi connectivity index (χ0v) is 19.8. The zero-order chi connectivity index (χ0) is 25.5. The van der Waals surface area contributed by atoms with Crippen molar-refractivity contribution >= 4 is 17.9 Å². The van der Waals surface area contributed by atoms with E-state index < -0.39 is 11.9 Å². The number of esters is 3. The van der Waals surface area contributed by atoms with Gasteiger partial charge in [0.1, 0.15) is 30.5 Å². The highest BCUT2D eigenvalue weighted by molar-refractivity contribution is 5.91. The van der Waals surface area contributed by atoms with Gasteiger partial charge in [0.05, 0.1) is 18.4 Å². The molecule has 0 radical (unpaired) electrons. The van der Waals surface area contributed by atoms with Gasteiger partial charge < -0.3 is 23.7 Å². The van der Waals surface area contributed by atoms with Crippen molar-refractivity contribution in [1.29, 1.82) is 0 Å². The third-order valence-electron chi connectivity index (χ3n) is 4.57. The molecule has 2 aromatic carbocycles. The zero-order valence-electron chi connectivity index (χ0n) is 19.8. The molecule has 0 aromatic heterocycles. The van der Waals surface area contributed by atoms with Gasteiger partial charge in [-0.3, -0.25) is 4.79 Å². The van der Waals surface area contributed by atoms with E-state index in [0.29, 0.717) is 41.4 Å². The maximum Gasteiger partial charge on any atom is 0.343 e. The van der Waals surface area contributed by atoms with Crippen molar-refractivity contribution in [3.8, 4) is 17.2 Å². The van der Waals surface area contributed by atoms with Crippen LogP contribution in [-0.4, -0.2) is 37.7 Å². The van der Waals surface area contributed by atoms with E-state index >= 15 is 0 Å². The van der Waals surface area contributed by atoms with E-state index in [4.69, 9.17) is 18.9 Å². The summed E-state index contributed by atoms with van der Waals surface area (Å²) >= 11 is 0. The van der Waals surface area contributed by atoms with Crippen molar-refractivity contribution in [3.05, 3.63) is 79.1 Å². The van der Waals surface area contributed by atoms with Crippen molar-refractivity contribution in [3.63, 3.8) is 0 Å². The summed E-state index contributed by atoms with van der Waals surface area (Å²) in [7, 11) is 0. The number of ether oxygens (including phenoxy) is 5. The van der Waals surface area contributed by atoms with Gasteiger partial charge in [0.15, 0.2) is 0 Å². The van der Waals surface area contributed by atoms with Crippen molar-refractivity contribution < 1.29 is 38.1 Å². The molecule has 0 aliphatic carbocycles. The molecule has 0 bridgehead atoms. The molecule has 0 aliphatic rings. The van der Waals surface area contributed by atoms with Crippen LogP contribution in [0.4, 0.5) is 0 Å². The van der Waals surface area contributed by atoms with Crippen LogP contribution in [0, 0.1) is 0 Å². The lowest BCUT2D eigenvalue weighted by atomic mass is 10.2. The topological polar surface area (TPSA) is 97.4 Å². The summed E-state index contributed by atoms with van der Waals surface area (Å²) in [5.74, 6) is 0.316. The Bertz CT molecular complexity index is 993. The third kappa shape index (κ3) is 10.6. The quantitative estimate of drug-likeness (QED) is 0.115. The van der Waals surface area contributed by atoms with E-state index in [1.165, 1.54) is 0 Å². The smallest absolute Gasteiger partial charge is 0.343 e. The molecule has 0 saturated carbocycles. The van der Waals surface area contributed by atoms with Gasteiger partial charge >= 0.3 is 17.9 Å². The van der Waals surface area contributed by atoms with Gasteiger partial charge in [-0.05, 0) is 74.7 Å². The Morgan fingerprint density at radius 3 is 2.03 bits per heavy atom. The van der Waals surface area contributed by atoms with Gasteiger partial charge in [0.2, 0.25) is 0 Å². The summed E-state index contributed by atoms with van der Waals surface area (Å²) in [5.41, 5.74) is 0.716. The molecule has 0 heterocycles. The molecule has 186 valence electrons. The van der Waals surface area contributed by atoms with Gasteiger partial charge in [-0.1, -0.05) is 13.2 Å². The lowest BCUT2D eigenvalue weighted by Crippen LogP contribution is -2.12. The fourth-order valence-electron chi connectivity index (χ4n) is 2.76. The Hall–Kier alpha value is -4.07. The number of carbonyl (C=O) groups is 3. The van der Waals surface area contributed by atoms with Crippen molar-refractivity contribution in [2.24, 2.45) is 0 Å². The molecule has 2 rings (SSSR count). The van der Waals surface area contributed by atoms with E-state index in [1.807, 2.05) is 0 Å². The third-order valence-corrected chi connectivity index (χ3v) is 4.57.